The molecule has 3 N–H and O–H groups in total. The quantitative estimate of drug-likeness (QED) is 0.813. The molecule has 0 aliphatic rings. The third-order valence-corrected chi connectivity index (χ3v) is 4.05. The molecule has 2 heterocycles. The van der Waals surface area contributed by atoms with Crippen LogP contribution in [0.5, 0.6) is 5.88 Å². The molecule has 0 aliphatic carbocycles. The summed E-state index contributed by atoms with van der Waals surface area (Å²) < 4.78 is 5.65. The fourth-order valence-corrected chi connectivity index (χ4v) is 2.83. The van der Waals surface area contributed by atoms with Crippen molar-refractivity contribution in [2.24, 2.45) is 5.92 Å². The van der Waals surface area contributed by atoms with Gasteiger partial charge in [0, 0.05) is 4.88 Å². The molecule has 0 saturated carbocycles. The van der Waals surface area contributed by atoms with Crippen LogP contribution in [0.3, 0.4) is 0 Å². The normalized spacial score (nSPS) is 10.9. The maximum absolute atomic E-state index is 5.90. The molecule has 2 rings (SSSR count). The lowest BCUT2D eigenvalue weighted by atomic mass is 10.2. The Labute approximate surface area is 130 Å². The lowest BCUT2D eigenvalue weighted by molar-refractivity contribution is 0.263. The number of ether oxygens (including phenoxy) is 1. The molecule has 0 radical (unpaired) electrons. The molecule has 0 aromatic carbocycles. The van der Waals surface area contributed by atoms with Crippen molar-refractivity contribution in [1.29, 1.82) is 0 Å². The summed E-state index contributed by atoms with van der Waals surface area (Å²) in [4.78, 5) is 5.79. The van der Waals surface area contributed by atoms with Crippen LogP contribution in [0.2, 0.25) is 0 Å². The molecule has 114 valence electrons. The zero-order valence-electron chi connectivity index (χ0n) is 12.8. The summed E-state index contributed by atoms with van der Waals surface area (Å²) in [5.74, 6) is 1.75. The molecule has 2 aromatic heterocycles. The maximum Gasteiger partial charge on any atom is 0.239 e. The van der Waals surface area contributed by atoms with Crippen molar-refractivity contribution >= 4 is 22.8 Å². The molecular weight excluding hydrogens is 282 g/mol. The van der Waals surface area contributed by atoms with Gasteiger partial charge in [-0.25, -0.2) is 0 Å². The number of thiophene rings is 1. The summed E-state index contributed by atoms with van der Waals surface area (Å²) in [5, 5.41) is 5.47. The van der Waals surface area contributed by atoms with Gasteiger partial charge in [-0.05, 0) is 41.5 Å². The van der Waals surface area contributed by atoms with E-state index < -0.39 is 0 Å². The van der Waals surface area contributed by atoms with Crippen LogP contribution in [0, 0.1) is 5.92 Å². The number of hydrogen-bond donors (Lipinski definition) is 2. The summed E-state index contributed by atoms with van der Waals surface area (Å²) in [7, 11) is 0. The highest BCUT2D eigenvalue weighted by Crippen LogP contribution is 2.23. The van der Waals surface area contributed by atoms with Gasteiger partial charge in [-0.1, -0.05) is 20.8 Å². The lowest BCUT2D eigenvalue weighted by Crippen LogP contribution is -2.09. The van der Waals surface area contributed by atoms with Gasteiger partial charge in [0.15, 0.2) is 0 Å². The lowest BCUT2D eigenvalue weighted by Gasteiger charge is -2.12. The highest BCUT2D eigenvalue weighted by molar-refractivity contribution is 7.10. The number of aromatic nitrogens is 1. The molecule has 0 saturated heterocycles. The number of nitrogens with one attached hydrogen (secondary N) is 1. The maximum atomic E-state index is 5.90. The number of nitrogen functional groups attached to an aromatic ring is 1. The minimum absolute atomic E-state index is 0.445. The number of nitrogens with zero attached hydrogens (tertiary/aromatic N) is 1. The van der Waals surface area contributed by atoms with Crippen LogP contribution >= 0.6 is 11.3 Å². The summed E-state index contributed by atoms with van der Waals surface area (Å²) in [5.41, 5.74) is 7.86. The van der Waals surface area contributed by atoms with Crippen molar-refractivity contribution in [3.8, 4) is 5.88 Å². The van der Waals surface area contributed by atoms with E-state index in [0.717, 1.165) is 18.8 Å². The highest BCUT2D eigenvalue weighted by Gasteiger charge is 2.07. The first-order valence-electron chi connectivity index (χ1n) is 7.28. The van der Waals surface area contributed by atoms with Crippen LogP contribution in [0.25, 0.3) is 0 Å². The van der Waals surface area contributed by atoms with Crippen LogP contribution in [0.1, 0.15) is 31.2 Å². The zero-order chi connectivity index (χ0) is 15.2. The third kappa shape index (κ3) is 4.36. The van der Waals surface area contributed by atoms with Crippen LogP contribution in [-0.2, 0) is 13.0 Å². The topological polar surface area (TPSA) is 60.2 Å². The molecule has 0 bridgehead atoms. The molecule has 0 spiro atoms. The fourth-order valence-electron chi connectivity index (χ4n) is 1.92. The summed E-state index contributed by atoms with van der Waals surface area (Å²) in [6, 6.07) is 5.90. The van der Waals surface area contributed by atoms with E-state index in [9.17, 15) is 0 Å². The van der Waals surface area contributed by atoms with Gasteiger partial charge < -0.3 is 15.8 Å². The minimum Gasteiger partial charge on any atom is -0.476 e. The van der Waals surface area contributed by atoms with Crippen LogP contribution in [0.4, 0.5) is 11.5 Å². The summed E-state index contributed by atoms with van der Waals surface area (Å²) in [6.07, 6.45) is 1.05. The van der Waals surface area contributed by atoms with Crippen molar-refractivity contribution in [3.63, 3.8) is 0 Å². The molecular formula is C16H23N3OS. The van der Waals surface area contributed by atoms with Crippen molar-refractivity contribution in [2.75, 3.05) is 17.7 Å². The second kappa shape index (κ2) is 7.31. The zero-order valence-corrected chi connectivity index (χ0v) is 13.7. The number of nitrogens with two attached hydrogens (primary N) is 1. The first-order valence-corrected chi connectivity index (χ1v) is 8.16. The first-order chi connectivity index (χ1) is 10.1. The Morgan fingerprint density at radius 1 is 1.33 bits per heavy atom. The largest absolute Gasteiger partial charge is 0.476 e. The SMILES string of the molecule is CCc1ccsc1CNc1ccc(N)c(OCC(C)C)n1. The second-order valence-corrected chi connectivity index (χ2v) is 6.37. The van der Waals surface area contributed by atoms with Gasteiger partial charge in [-0.2, -0.15) is 4.98 Å². The van der Waals surface area contributed by atoms with Crippen molar-refractivity contribution in [2.45, 2.75) is 33.7 Å². The van der Waals surface area contributed by atoms with E-state index >= 15 is 0 Å². The van der Waals surface area contributed by atoms with Crippen LogP contribution < -0.4 is 15.8 Å². The van der Waals surface area contributed by atoms with Crippen LogP contribution in [-0.4, -0.2) is 11.6 Å². The number of anilines is 2. The van der Waals surface area contributed by atoms with E-state index in [1.807, 2.05) is 12.1 Å². The van der Waals surface area contributed by atoms with E-state index in [0.29, 0.717) is 24.1 Å². The van der Waals surface area contributed by atoms with Gasteiger partial charge in [-0.15, -0.1) is 11.3 Å². The van der Waals surface area contributed by atoms with E-state index in [1.54, 1.807) is 11.3 Å². The smallest absolute Gasteiger partial charge is 0.239 e. The number of aryl methyl sites for hydroxylation is 1. The second-order valence-electron chi connectivity index (χ2n) is 5.37. The Kier molecular flexibility index (Phi) is 5.44. The number of hydrogen-bond acceptors (Lipinski definition) is 5. The molecule has 0 aliphatic heterocycles. The summed E-state index contributed by atoms with van der Waals surface area (Å²) >= 11 is 1.77. The third-order valence-electron chi connectivity index (χ3n) is 3.09. The van der Waals surface area contributed by atoms with E-state index in [4.69, 9.17) is 10.5 Å². The molecule has 5 heteroatoms. The number of rotatable bonds is 7. The average Bonchev–Trinajstić information content (AvgIpc) is 2.92. The molecule has 21 heavy (non-hydrogen) atoms. The molecule has 0 fully saturated rings. The van der Waals surface area contributed by atoms with Gasteiger partial charge in [0.05, 0.1) is 18.8 Å². The Bertz CT molecular complexity index is 581. The molecule has 0 atom stereocenters. The Hall–Kier alpha value is -1.75. The Morgan fingerprint density at radius 2 is 2.14 bits per heavy atom. The van der Waals surface area contributed by atoms with Gasteiger partial charge >= 0.3 is 0 Å². The Morgan fingerprint density at radius 3 is 2.86 bits per heavy atom. The molecule has 0 unspecified atom stereocenters. The summed E-state index contributed by atoms with van der Waals surface area (Å²) in [6.45, 7) is 7.76. The van der Waals surface area contributed by atoms with Gasteiger partial charge in [0.25, 0.3) is 0 Å². The predicted molar refractivity (Wildman–Crippen MR) is 90.0 cm³/mol. The monoisotopic (exact) mass is 305 g/mol. The van der Waals surface area contributed by atoms with Crippen molar-refractivity contribution in [3.05, 3.63) is 34.0 Å². The minimum atomic E-state index is 0.445. The highest BCUT2D eigenvalue weighted by atomic mass is 32.1. The van der Waals surface area contributed by atoms with Gasteiger partial charge in [0.2, 0.25) is 5.88 Å². The molecule has 0 amide bonds. The molecule has 4 nitrogen and oxygen atoms in total. The first kappa shape index (κ1) is 15.6. The van der Waals surface area contributed by atoms with E-state index in [2.05, 4.69) is 42.5 Å². The van der Waals surface area contributed by atoms with Crippen LogP contribution in [0.15, 0.2) is 23.6 Å². The Balaban J connectivity index is 2.01. The number of pyridine rings is 1. The fraction of sp³-hybridized carbons (Fsp3) is 0.438. The van der Waals surface area contributed by atoms with Crippen molar-refractivity contribution < 1.29 is 4.74 Å². The average molecular weight is 305 g/mol. The van der Waals surface area contributed by atoms with E-state index in [-0.39, 0.29) is 0 Å². The molecule has 2 aromatic rings. The van der Waals surface area contributed by atoms with Crippen molar-refractivity contribution in [1.82, 2.24) is 4.98 Å². The van der Waals surface area contributed by atoms with Gasteiger partial charge in [0.1, 0.15) is 5.82 Å². The van der Waals surface area contributed by atoms with E-state index in [1.165, 1.54) is 10.4 Å². The standard InChI is InChI=1S/C16H23N3OS/c1-4-12-7-8-21-14(12)9-18-15-6-5-13(17)16(19-15)20-10-11(2)3/h5-8,11H,4,9-10,17H2,1-3H3,(H,18,19). The van der Waals surface area contributed by atoms with Gasteiger partial charge in [-0.3, -0.25) is 0 Å². The predicted octanol–water partition coefficient (Wildman–Crippen LogP) is 3.93.